The number of oxazole rings is 1. The zero-order valence-corrected chi connectivity index (χ0v) is 15.4. The number of halogens is 2. The first-order valence-electron chi connectivity index (χ1n) is 7.45. The van der Waals surface area contributed by atoms with Crippen LogP contribution in [-0.4, -0.2) is 19.7 Å². The third kappa shape index (κ3) is 3.33. The van der Waals surface area contributed by atoms with Gasteiger partial charge in [-0.05, 0) is 36.6 Å². The second kappa shape index (κ2) is 6.63. The number of benzene rings is 1. The Morgan fingerprint density at radius 1 is 1.20 bits per heavy atom. The molecule has 0 saturated carbocycles. The lowest BCUT2D eigenvalue weighted by Crippen LogP contribution is -2.04. The highest BCUT2D eigenvalue weighted by atomic mass is 35.5. The monoisotopic (exact) mass is 390 g/mol. The fourth-order valence-electron chi connectivity index (χ4n) is 2.46. The predicted octanol–water partition coefficient (Wildman–Crippen LogP) is 5.33. The largest absolute Gasteiger partial charge is 0.438 e. The minimum Gasteiger partial charge on any atom is -0.438 e. The summed E-state index contributed by atoms with van der Waals surface area (Å²) in [5, 5.41) is 7.42. The Kier molecular flexibility index (Phi) is 4.33. The minimum absolute atomic E-state index is 0.377. The second-order valence-electron chi connectivity index (χ2n) is 5.36. The number of aromatic nitrogens is 4. The lowest BCUT2D eigenvalue weighted by atomic mass is 10.2. The molecule has 4 rings (SSSR count). The number of thiophene rings is 1. The Morgan fingerprint density at radius 2 is 2.08 bits per heavy atom. The summed E-state index contributed by atoms with van der Waals surface area (Å²) in [5.41, 5.74) is 0.833. The van der Waals surface area contributed by atoms with Crippen molar-refractivity contribution in [1.82, 2.24) is 19.7 Å². The number of hydrogen-bond donors (Lipinski definition) is 0. The average molecular weight is 391 g/mol. The van der Waals surface area contributed by atoms with Gasteiger partial charge in [0.1, 0.15) is 12.4 Å². The fourth-order valence-corrected chi connectivity index (χ4v) is 3.43. The Labute approximate surface area is 157 Å². The molecule has 8 heteroatoms. The third-order valence-corrected chi connectivity index (χ3v) is 5.18. The third-order valence-electron chi connectivity index (χ3n) is 3.56. The Balaban J connectivity index is 1.66. The molecule has 0 fully saturated rings. The quantitative estimate of drug-likeness (QED) is 0.472. The maximum Gasteiger partial charge on any atom is 0.216 e. The number of nitrogens with zero attached hydrogens (tertiary/aromatic N) is 4. The summed E-state index contributed by atoms with van der Waals surface area (Å²) in [4.78, 5) is 9.87. The van der Waals surface area contributed by atoms with E-state index in [0.29, 0.717) is 34.1 Å². The van der Waals surface area contributed by atoms with Gasteiger partial charge in [0.2, 0.25) is 5.89 Å². The molecule has 0 aliphatic carbocycles. The molecule has 0 unspecified atom stereocenters. The van der Waals surface area contributed by atoms with E-state index in [1.807, 2.05) is 30.5 Å². The van der Waals surface area contributed by atoms with Gasteiger partial charge < -0.3 is 4.42 Å². The van der Waals surface area contributed by atoms with Gasteiger partial charge in [-0.15, -0.1) is 11.3 Å². The van der Waals surface area contributed by atoms with Gasteiger partial charge in [0.05, 0.1) is 21.1 Å². The first-order chi connectivity index (χ1) is 12.1. The van der Waals surface area contributed by atoms with Crippen molar-refractivity contribution in [2.45, 2.75) is 13.5 Å². The van der Waals surface area contributed by atoms with E-state index >= 15 is 0 Å². The van der Waals surface area contributed by atoms with E-state index in [1.54, 1.807) is 34.3 Å². The molecule has 4 aromatic rings. The van der Waals surface area contributed by atoms with Crippen LogP contribution in [0.5, 0.6) is 0 Å². The van der Waals surface area contributed by atoms with Crippen molar-refractivity contribution in [3.05, 3.63) is 63.7 Å². The maximum atomic E-state index is 6.12. The topological polar surface area (TPSA) is 56.7 Å². The normalized spacial score (nSPS) is 11.2. The van der Waals surface area contributed by atoms with E-state index in [4.69, 9.17) is 27.6 Å². The summed E-state index contributed by atoms with van der Waals surface area (Å²) in [5.74, 6) is 2.66. The highest BCUT2D eigenvalue weighted by molar-refractivity contribution is 7.13. The number of aryl methyl sites for hydroxylation is 1. The SMILES string of the molecule is Cc1nc(-c2ccc(Cl)c(Cl)c2)n(Cc2ncc(-c3cccs3)o2)n1. The van der Waals surface area contributed by atoms with Crippen LogP contribution in [0.25, 0.3) is 22.0 Å². The molecular weight excluding hydrogens is 379 g/mol. The standard InChI is InChI=1S/C17H12Cl2N4OS/c1-10-21-17(11-4-5-12(18)13(19)7-11)23(22-10)9-16-20-8-14(24-16)15-3-2-6-25-15/h2-8H,9H2,1H3. The fraction of sp³-hybridized carbons (Fsp3) is 0.118. The zero-order valence-electron chi connectivity index (χ0n) is 13.1. The molecule has 25 heavy (non-hydrogen) atoms. The van der Waals surface area contributed by atoms with Crippen molar-refractivity contribution in [3.63, 3.8) is 0 Å². The van der Waals surface area contributed by atoms with Crippen molar-refractivity contribution in [3.8, 4) is 22.0 Å². The van der Waals surface area contributed by atoms with Crippen molar-refractivity contribution >= 4 is 34.5 Å². The summed E-state index contributed by atoms with van der Waals surface area (Å²) in [6.07, 6.45) is 1.73. The van der Waals surface area contributed by atoms with Gasteiger partial charge >= 0.3 is 0 Å². The van der Waals surface area contributed by atoms with Crippen molar-refractivity contribution < 1.29 is 4.42 Å². The summed E-state index contributed by atoms with van der Waals surface area (Å²) in [6, 6.07) is 9.35. The highest BCUT2D eigenvalue weighted by Crippen LogP contribution is 2.29. The van der Waals surface area contributed by atoms with Crippen LogP contribution in [-0.2, 0) is 6.54 Å². The molecule has 0 bridgehead atoms. The van der Waals surface area contributed by atoms with Crippen molar-refractivity contribution in [1.29, 1.82) is 0 Å². The lowest BCUT2D eigenvalue weighted by molar-refractivity contribution is 0.475. The molecule has 0 atom stereocenters. The molecule has 0 saturated heterocycles. The maximum absolute atomic E-state index is 6.12. The van der Waals surface area contributed by atoms with Crippen LogP contribution < -0.4 is 0 Å². The number of rotatable bonds is 4. The minimum atomic E-state index is 0.377. The van der Waals surface area contributed by atoms with Gasteiger partial charge in [0.25, 0.3) is 0 Å². The Morgan fingerprint density at radius 3 is 2.84 bits per heavy atom. The van der Waals surface area contributed by atoms with E-state index in [9.17, 15) is 0 Å². The van der Waals surface area contributed by atoms with Crippen molar-refractivity contribution in [2.24, 2.45) is 0 Å². The van der Waals surface area contributed by atoms with Crippen molar-refractivity contribution in [2.75, 3.05) is 0 Å². The molecule has 3 aromatic heterocycles. The van der Waals surface area contributed by atoms with Gasteiger partial charge in [-0.3, -0.25) is 0 Å². The van der Waals surface area contributed by atoms with E-state index in [0.717, 1.165) is 16.2 Å². The predicted molar refractivity (Wildman–Crippen MR) is 99.1 cm³/mol. The van der Waals surface area contributed by atoms with Crippen LogP contribution >= 0.6 is 34.5 Å². The van der Waals surface area contributed by atoms with Gasteiger partial charge in [-0.25, -0.2) is 14.6 Å². The summed E-state index contributed by atoms with van der Waals surface area (Å²) < 4.78 is 7.59. The summed E-state index contributed by atoms with van der Waals surface area (Å²) in [6.45, 7) is 2.21. The molecule has 3 heterocycles. The molecular formula is C17H12Cl2N4OS. The lowest BCUT2D eigenvalue weighted by Gasteiger charge is -2.05. The van der Waals surface area contributed by atoms with Gasteiger partial charge in [-0.1, -0.05) is 29.3 Å². The second-order valence-corrected chi connectivity index (χ2v) is 7.13. The van der Waals surface area contributed by atoms with Gasteiger partial charge in [-0.2, -0.15) is 5.10 Å². The summed E-state index contributed by atoms with van der Waals surface area (Å²) >= 11 is 13.7. The molecule has 0 spiro atoms. The first kappa shape index (κ1) is 16.3. The molecule has 0 amide bonds. The summed E-state index contributed by atoms with van der Waals surface area (Å²) in [7, 11) is 0. The average Bonchev–Trinajstić information content (AvgIpc) is 3.31. The molecule has 0 N–H and O–H groups in total. The van der Waals surface area contributed by atoms with E-state index in [2.05, 4.69) is 15.1 Å². The van der Waals surface area contributed by atoms with Crippen LogP contribution in [0.2, 0.25) is 10.0 Å². The molecule has 126 valence electrons. The van der Waals surface area contributed by atoms with Gasteiger partial charge in [0, 0.05) is 5.56 Å². The van der Waals surface area contributed by atoms with Crippen LogP contribution in [0.3, 0.4) is 0 Å². The smallest absolute Gasteiger partial charge is 0.216 e. The molecule has 5 nitrogen and oxygen atoms in total. The highest BCUT2D eigenvalue weighted by Gasteiger charge is 2.15. The van der Waals surface area contributed by atoms with E-state index < -0.39 is 0 Å². The number of hydrogen-bond acceptors (Lipinski definition) is 5. The molecule has 0 aliphatic rings. The first-order valence-corrected chi connectivity index (χ1v) is 9.09. The van der Waals surface area contributed by atoms with Gasteiger partial charge in [0.15, 0.2) is 11.6 Å². The van der Waals surface area contributed by atoms with Crippen LogP contribution in [0.15, 0.2) is 46.3 Å². The molecule has 0 radical (unpaired) electrons. The Hall–Kier alpha value is -2.15. The van der Waals surface area contributed by atoms with Crippen LogP contribution in [0, 0.1) is 6.92 Å². The van der Waals surface area contributed by atoms with E-state index in [1.165, 1.54) is 0 Å². The molecule has 1 aromatic carbocycles. The molecule has 0 aliphatic heterocycles. The van der Waals surface area contributed by atoms with E-state index in [-0.39, 0.29) is 0 Å². The zero-order chi connectivity index (χ0) is 17.4. The van der Waals surface area contributed by atoms with Crippen LogP contribution in [0.1, 0.15) is 11.7 Å². The Bertz CT molecular complexity index is 1020. The van der Waals surface area contributed by atoms with Crippen LogP contribution in [0.4, 0.5) is 0 Å².